The van der Waals surface area contributed by atoms with Gasteiger partial charge < -0.3 is 20.3 Å². The van der Waals surface area contributed by atoms with E-state index in [1.54, 1.807) is 23.1 Å². The lowest BCUT2D eigenvalue weighted by molar-refractivity contribution is -0.143. The number of likely N-dealkylation sites (tertiary alicyclic amines) is 1. The summed E-state index contributed by atoms with van der Waals surface area (Å²) in [5.74, 6) is -2.25. The molecule has 35 heavy (non-hydrogen) atoms. The molecule has 0 radical (unpaired) electrons. The van der Waals surface area contributed by atoms with E-state index in [1.807, 2.05) is 26.0 Å². The maximum absolute atomic E-state index is 13.9. The number of fused-ring (bicyclic) bond motifs is 1. The quantitative estimate of drug-likeness (QED) is 0.547. The molecule has 0 unspecified atom stereocenters. The van der Waals surface area contributed by atoms with Gasteiger partial charge in [0.25, 0.3) is 0 Å². The van der Waals surface area contributed by atoms with Crippen molar-refractivity contribution in [3.63, 3.8) is 0 Å². The number of anilines is 1. The van der Waals surface area contributed by atoms with Crippen LogP contribution < -0.4 is 10.6 Å². The SMILES string of the molecule is CC[C@H](C)N1C(=O)[C@H]2[C@H](C(=O)Nc3ccc(Cl)c(Cl)c3)[C@H]3C=C[C@@]2(O3)[C@H]1C(=O)NC1CCCCC1. The normalized spacial score (nSPS) is 32.6. The van der Waals surface area contributed by atoms with Gasteiger partial charge in [-0.15, -0.1) is 0 Å². The molecule has 6 atom stereocenters. The summed E-state index contributed by atoms with van der Waals surface area (Å²) in [5, 5.41) is 6.78. The molecule has 2 N–H and O–H groups in total. The first-order valence-electron chi connectivity index (χ1n) is 12.5. The fourth-order valence-electron chi connectivity index (χ4n) is 6.20. The average Bonchev–Trinajstić information content (AvgIpc) is 3.49. The molecule has 1 aromatic rings. The fraction of sp³-hybridized carbons (Fsp3) is 0.577. The Morgan fingerprint density at radius 1 is 1.17 bits per heavy atom. The Labute approximate surface area is 215 Å². The molecule has 1 aliphatic carbocycles. The Morgan fingerprint density at radius 3 is 2.60 bits per heavy atom. The lowest BCUT2D eigenvalue weighted by atomic mass is 9.74. The zero-order valence-corrected chi connectivity index (χ0v) is 21.4. The molecule has 2 bridgehead atoms. The van der Waals surface area contributed by atoms with E-state index < -0.39 is 29.6 Å². The van der Waals surface area contributed by atoms with Gasteiger partial charge in [-0.1, -0.05) is 61.5 Å². The second-order valence-corrected chi connectivity index (χ2v) is 11.0. The Hall–Kier alpha value is -2.09. The van der Waals surface area contributed by atoms with Gasteiger partial charge >= 0.3 is 0 Å². The summed E-state index contributed by atoms with van der Waals surface area (Å²) >= 11 is 12.1. The van der Waals surface area contributed by atoms with Crippen molar-refractivity contribution in [2.45, 2.75) is 82.2 Å². The third-order valence-corrected chi connectivity index (χ3v) is 8.81. The number of ether oxygens (including phenoxy) is 1. The summed E-state index contributed by atoms with van der Waals surface area (Å²) in [5.41, 5.74) is -0.662. The van der Waals surface area contributed by atoms with Crippen LogP contribution >= 0.6 is 23.2 Å². The molecule has 0 aromatic heterocycles. The van der Waals surface area contributed by atoms with Crippen molar-refractivity contribution < 1.29 is 19.1 Å². The highest BCUT2D eigenvalue weighted by Crippen LogP contribution is 2.55. The predicted molar refractivity (Wildman–Crippen MR) is 134 cm³/mol. The zero-order chi connectivity index (χ0) is 24.9. The first-order valence-corrected chi connectivity index (χ1v) is 13.3. The van der Waals surface area contributed by atoms with Crippen LogP contribution in [0.2, 0.25) is 10.0 Å². The smallest absolute Gasteiger partial charge is 0.246 e. The summed E-state index contributed by atoms with van der Waals surface area (Å²) in [6.45, 7) is 3.93. The number of nitrogens with zero attached hydrogens (tertiary/aromatic N) is 1. The maximum atomic E-state index is 13.9. The van der Waals surface area contributed by atoms with Gasteiger partial charge in [0.1, 0.15) is 11.6 Å². The summed E-state index contributed by atoms with van der Waals surface area (Å²) < 4.78 is 6.37. The molecule has 9 heteroatoms. The monoisotopic (exact) mass is 519 g/mol. The number of nitrogens with one attached hydrogen (secondary N) is 2. The van der Waals surface area contributed by atoms with E-state index in [2.05, 4.69) is 10.6 Å². The summed E-state index contributed by atoms with van der Waals surface area (Å²) in [7, 11) is 0. The van der Waals surface area contributed by atoms with Gasteiger partial charge in [-0.05, 0) is 44.4 Å². The molecule has 3 aliphatic heterocycles. The lowest BCUT2D eigenvalue weighted by Crippen LogP contribution is -2.58. The van der Waals surface area contributed by atoms with Gasteiger partial charge in [0.15, 0.2) is 0 Å². The summed E-state index contributed by atoms with van der Waals surface area (Å²) in [4.78, 5) is 42.7. The minimum absolute atomic E-state index is 0.108. The number of hydrogen-bond donors (Lipinski definition) is 2. The molecular formula is C26H31Cl2N3O4. The molecule has 1 spiro atoms. The summed E-state index contributed by atoms with van der Waals surface area (Å²) in [6.07, 6.45) is 9.04. The first kappa shape index (κ1) is 24.6. The van der Waals surface area contributed by atoms with Gasteiger partial charge in [-0.25, -0.2) is 0 Å². The van der Waals surface area contributed by atoms with Crippen molar-refractivity contribution in [3.8, 4) is 0 Å². The van der Waals surface area contributed by atoms with Crippen LogP contribution in [-0.2, 0) is 19.1 Å². The van der Waals surface area contributed by atoms with Crippen molar-refractivity contribution in [2.75, 3.05) is 5.32 Å². The Kier molecular flexibility index (Phi) is 6.62. The van der Waals surface area contributed by atoms with Crippen LogP contribution in [0.5, 0.6) is 0 Å². The molecule has 7 nitrogen and oxygen atoms in total. The molecule has 3 heterocycles. The van der Waals surface area contributed by atoms with E-state index in [-0.39, 0.29) is 29.8 Å². The number of hydrogen-bond acceptors (Lipinski definition) is 4. The van der Waals surface area contributed by atoms with Crippen LogP contribution in [0, 0.1) is 11.8 Å². The van der Waals surface area contributed by atoms with Crippen molar-refractivity contribution in [2.24, 2.45) is 11.8 Å². The first-order chi connectivity index (χ1) is 16.8. The van der Waals surface area contributed by atoms with Crippen LogP contribution in [0.1, 0.15) is 52.4 Å². The van der Waals surface area contributed by atoms with Crippen LogP contribution in [0.25, 0.3) is 0 Å². The molecule has 3 fully saturated rings. The van der Waals surface area contributed by atoms with Gasteiger partial charge in [-0.2, -0.15) is 0 Å². The lowest BCUT2D eigenvalue weighted by Gasteiger charge is -2.36. The molecule has 4 aliphatic rings. The molecule has 5 rings (SSSR count). The Balaban J connectivity index is 1.44. The van der Waals surface area contributed by atoms with Crippen molar-refractivity contribution in [3.05, 3.63) is 40.4 Å². The predicted octanol–water partition coefficient (Wildman–Crippen LogP) is 4.33. The van der Waals surface area contributed by atoms with E-state index in [0.29, 0.717) is 22.2 Å². The van der Waals surface area contributed by atoms with Crippen LogP contribution in [0.3, 0.4) is 0 Å². The molecule has 1 aromatic carbocycles. The van der Waals surface area contributed by atoms with Gasteiger partial charge in [0.2, 0.25) is 17.7 Å². The number of amides is 3. The van der Waals surface area contributed by atoms with Crippen molar-refractivity contribution >= 4 is 46.6 Å². The molecular weight excluding hydrogens is 489 g/mol. The standard InChI is InChI=1S/C26H31Cl2N3O4/c1-3-14(2)31-22(24(33)29-15-7-5-4-6-8-15)26-12-11-19(35-26)20(21(26)25(31)34)23(32)30-16-9-10-17(27)18(28)13-16/h9-15,19-22H,3-8H2,1-2H3,(H,29,33)(H,30,32)/t14-,19+,20+,21+,22+,26-/m0/s1. The van der Waals surface area contributed by atoms with Gasteiger partial charge in [0, 0.05) is 17.8 Å². The maximum Gasteiger partial charge on any atom is 0.246 e. The topological polar surface area (TPSA) is 87.7 Å². The van der Waals surface area contributed by atoms with Gasteiger partial charge in [-0.3, -0.25) is 14.4 Å². The van der Waals surface area contributed by atoms with E-state index >= 15 is 0 Å². The molecule has 2 saturated heterocycles. The zero-order valence-electron chi connectivity index (χ0n) is 19.9. The minimum Gasteiger partial charge on any atom is -0.359 e. The third kappa shape index (κ3) is 4.05. The van der Waals surface area contributed by atoms with Crippen molar-refractivity contribution in [1.29, 1.82) is 0 Å². The number of halogens is 2. The van der Waals surface area contributed by atoms with E-state index in [9.17, 15) is 14.4 Å². The minimum atomic E-state index is -1.15. The van der Waals surface area contributed by atoms with Crippen molar-refractivity contribution in [1.82, 2.24) is 10.2 Å². The Morgan fingerprint density at radius 2 is 1.91 bits per heavy atom. The highest BCUT2D eigenvalue weighted by Gasteiger charge is 2.73. The number of benzene rings is 1. The number of rotatable bonds is 6. The molecule has 3 amide bonds. The van der Waals surface area contributed by atoms with E-state index in [4.69, 9.17) is 27.9 Å². The van der Waals surface area contributed by atoms with Gasteiger partial charge in [0.05, 0.1) is 28.0 Å². The number of carbonyl (C=O) groups is 3. The van der Waals surface area contributed by atoms with Crippen LogP contribution in [-0.4, -0.2) is 52.5 Å². The second kappa shape index (κ2) is 9.41. The van der Waals surface area contributed by atoms with Crippen LogP contribution in [0.15, 0.2) is 30.4 Å². The average molecular weight is 520 g/mol. The Bertz CT molecular complexity index is 1070. The van der Waals surface area contributed by atoms with E-state index in [0.717, 1.165) is 25.7 Å². The van der Waals surface area contributed by atoms with E-state index in [1.165, 1.54) is 6.42 Å². The highest BCUT2D eigenvalue weighted by atomic mass is 35.5. The molecule has 188 valence electrons. The number of carbonyl (C=O) groups excluding carboxylic acids is 3. The summed E-state index contributed by atoms with van der Waals surface area (Å²) in [6, 6.07) is 3.98. The second-order valence-electron chi connectivity index (χ2n) is 10.2. The van der Waals surface area contributed by atoms with Crippen LogP contribution in [0.4, 0.5) is 5.69 Å². The fourth-order valence-corrected chi connectivity index (χ4v) is 6.50. The largest absolute Gasteiger partial charge is 0.359 e. The molecule has 1 saturated carbocycles. The third-order valence-electron chi connectivity index (χ3n) is 8.07. The highest BCUT2D eigenvalue weighted by molar-refractivity contribution is 6.42.